The van der Waals surface area contributed by atoms with Crippen molar-refractivity contribution in [1.29, 1.82) is 0 Å². The van der Waals surface area contributed by atoms with E-state index in [0.717, 1.165) is 48.6 Å². The van der Waals surface area contributed by atoms with Gasteiger partial charge in [0.2, 0.25) is 0 Å². The molecule has 3 nitrogen and oxygen atoms in total. The largest absolute Gasteiger partial charge is 1.00 e. The predicted molar refractivity (Wildman–Crippen MR) is 126 cm³/mol. The average molecular weight is 471 g/mol. The van der Waals surface area contributed by atoms with Crippen molar-refractivity contribution in [2.75, 3.05) is 0 Å². The Morgan fingerprint density at radius 3 is 1.84 bits per heavy atom. The van der Waals surface area contributed by atoms with Crippen molar-refractivity contribution in [3.8, 4) is 0 Å². The first-order valence-electron chi connectivity index (χ1n) is 12.0. The maximum atomic E-state index is 12.3. The van der Waals surface area contributed by atoms with E-state index >= 15 is 0 Å². The van der Waals surface area contributed by atoms with Gasteiger partial charge in [-0.15, -0.1) is 0 Å². The van der Waals surface area contributed by atoms with Crippen LogP contribution in [0.2, 0.25) is 0 Å². The Balaban J connectivity index is 0.00000480. The van der Waals surface area contributed by atoms with Gasteiger partial charge in [0.1, 0.15) is 10.1 Å². The second-order valence-corrected chi connectivity index (χ2v) is 9.87. The number of hydrogen-bond donors (Lipinski definition) is 0. The Hall–Kier alpha value is 0.246. The quantitative estimate of drug-likeness (QED) is 0.218. The molecule has 0 amide bonds. The van der Waals surface area contributed by atoms with E-state index < -0.39 is 10.1 Å². The summed E-state index contributed by atoms with van der Waals surface area (Å²) in [6.45, 7) is 4.42. The molecule has 0 fully saturated rings. The van der Waals surface area contributed by atoms with E-state index in [1.165, 1.54) is 51.4 Å². The summed E-state index contributed by atoms with van der Waals surface area (Å²) < 4.78 is 36.9. The molecular weight excluding hydrogens is 431 g/mol. The van der Waals surface area contributed by atoms with Gasteiger partial charge in [-0.1, -0.05) is 108 Å². The summed E-state index contributed by atoms with van der Waals surface area (Å²) in [6.07, 6.45) is 15.6. The Morgan fingerprint density at radius 2 is 1.26 bits per heavy atom. The molecule has 0 aliphatic carbocycles. The minimum atomic E-state index is -4.53. The maximum Gasteiger partial charge on any atom is 1.00 e. The standard InChI is InChI=1S/C26H40O3S.K/c1-3-5-7-9-11-13-17-22-21-23-18-15-16-20-25(23)26(30(27,28)29)24(22)19-14-12-10-8-6-4-2;/h15-16,18,20-21H,3-14,17,19H2,1-2H3,(H,27,28,29);/q;+1/p-1. The number of rotatable bonds is 15. The summed E-state index contributed by atoms with van der Waals surface area (Å²) in [6, 6.07) is 9.55. The van der Waals surface area contributed by atoms with E-state index in [2.05, 4.69) is 19.9 Å². The van der Waals surface area contributed by atoms with Gasteiger partial charge < -0.3 is 4.55 Å². The van der Waals surface area contributed by atoms with Gasteiger partial charge in [0.05, 0.1) is 4.90 Å². The van der Waals surface area contributed by atoms with Gasteiger partial charge in [-0.3, -0.25) is 0 Å². The van der Waals surface area contributed by atoms with Crippen molar-refractivity contribution < 1.29 is 64.4 Å². The molecule has 0 saturated carbocycles. The third-order valence-electron chi connectivity index (χ3n) is 6.03. The minimum Gasteiger partial charge on any atom is -0.744 e. The van der Waals surface area contributed by atoms with E-state index in [-0.39, 0.29) is 56.3 Å². The molecule has 0 heterocycles. The third kappa shape index (κ3) is 9.95. The molecule has 0 aromatic heterocycles. The molecule has 0 saturated heterocycles. The summed E-state index contributed by atoms with van der Waals surface area (Å²) in [7, 11) is -4.53. The van der Waals surface area contributed by atoms with Crippen LogP contribution in [0.5, 0.6) is 0 Å². The first-order valence-corrected chi connectivity index (χ1v) is 13.4. The molecule has 0 radical (unpaired) electrons. The SMILES string of the molecule is CCCCCCCCc1cc2ccccc2c(S(=O)(=O)[O-])c1CCCCCCCC.[K+]. The van der Waals surface area contributed by atoms with Gasteiger partial charge >= 0.3 is 51.4 Å². The zero-order valence-corrected chi connectivity index (χ0v) is 23.9. The van der Waals surface area contributed by atoms with Crippen LogP contribution in [0.3, 0.4) is 0 Å². The van der Waals surface area contributed by atoms with Crippen LogP contribution in [0.1, 0.15) is 102 Å². The van der Waals surface area contributed by atoms with Crippen LogP contribution < -0.4 is 51.4 Å². The van der Waals surface area contributed by atoms with Crippen LogP contribution >= 0.6 is 0 Å². The van der Waals surface area contributed by atoms with Crippen molar-refractivity contribution >= 4 is 20.9 Å². The molecule has 0 aliphatic rings. The van der Waals surface area contributed by atoms with Gasteiger partial charge in [0.15, 0.2) is 0 Å². The van der Waals surface area contributed by atoms with Crippen LogP contribution in [-0.2, 0) is 23.0 Å². The Bertz CT molecular complexity index is 878. The molecular formula is C26H39KO3S. The number of fused-ring (bicyclic) bond motifs is 1. The predicted octanol–water partition coefficient (Wildman–Crippen LogP) is 4.55. The fourth-order valence-corrected chi connectivity index (χ4v) is 5.36. The van der Waals surface area contributed by atoms with Crippen molar-refractivity contribution in [2.24, 2.45) is 0 Å². The van der Waals surface area contributed by atoms with Crippen molar-refractivity contribution in [3.05, 3.63) is 41.5 Å². The van der Waals surface area contributed by atoms with Gasteiger partial charge in [0, 0.05) is 0 Å². The molecule has 0 aliphatic heterocycles. The van der Waals surface area contributed by atoms with Crippen LogP contribution in [0.25, 0.3) is 10.8 Å². The van der Waals surface area contributed by atoms with Crippen LogP contribution in [0, 0.1) is 0 Å². The minimum absolute atomic E-state index is 0. The fraction of sp³-hybridized carbons (Fsp3) is 0.615. The van der Waals surface area contributed by atoms with E-state index in [1.807, 2.05) is 18.2 Å². The molecule has 2 rings (SSSR count). The van der Waals surface area contributed by atoms with Gasteiger partial charge in [-0.2, -0.15) is 0 Å². The average Bonchev–Trinajstić information content (AvgIpc) is 2.72. The second-order valence-electron chi connectivity index (χ2n) is 8.55. The number of aryl methyl sites for hydroxylation is 1. The Morgan fingerprint density at radius 1 is 0.742 bits per heavy atom. The molecule has 0 N–H and O–H groups in total. The fourth-order valence-electron chi connectivity index (χ4n) is 4.37. The normalized spacial score (nSPS) is 11.6. The Labute approximate surface area is 233 Å². The molecule has 5 heteroatoms. The van der Waals surface area contributed by atoms with Crippen LogP contribution in [0.15, 0.2) is 35.2 Å². The summed E-state index contributed by atoms with van der Waals surface area (Å²) in [5.41, 5.74) is 1.85. The Kier molecular flexibility index (Phi) is 15.1. The topological polar surface area (TPSA) is 57.2 Å². The first-order chi connectivity index (χ1) is 14.5. The van der Waals surface area contributed by atoms with Gasteiger partial charge in [0.25, 0.3) is 0 Å². The van der Waals surface area contributed by atoms with E-state index in [1.54, 1.807) is 6.07 Å². The van der Waals surface area contributed by atoms with Crippen molar-refractivity contribution in [1.82, 2.24) is 0 Å². The van der Waals surface area contributed by atoms with E-state index in [9.17, 15) is 13.0 Å². The second kappa shape index (κ2) is 16.0. The first kappa shape index (κ1) is 29.3. The molecule has 2 aromatic rings. The van der Waals surface area contributed by atoms with E-state index in [4.69, 9.17) is 0 Å². The van der Waals surface area contributed by atoms with Gasteiger partial charge in [-0.25, -0.2) is 8.42 Å². The monoisotopic (exact) mass is 470 g/mol. The molecule has 31 heavy (non-hydrogen) atoms. The summed E-state index contributed by atoms with van der Waals surface area (Å²) in [4.78, 5) is 0.0372. The number of benzene rings is 2. The zero-order chi connectivity index (χ0) is 21.8. The summed E-state index contributed by atoms with van der Waals surface area (Å²) in [5, 5.41) is 1.44. The van der Waals surface area contributed by atoms with Crippen LogP contribution in [-0.4, -0.2) is 13.0 Å². The third-order valence-corrected chi connectivity index (χ3v) is 6.99. The maximum absolute atomic E-state index is 12.3. The van der Waals surface area contributed by atoms with Crippen LogP contribution in [0.4, 0.5) is 0 Å². The van der Waals surface area contributed by atoms with Crippen molar-refractivity contribution in [2.45, 2.75) is 109 Å². The molecule has 0 bridgehead atoms. The summed E-state index contributed by atoms with van der Waals surface area (Å²) in [5.74, 6) is 0. The van der Waals surface area contributed by atoms with E-state index in [0.29, 0.717) is 11.8 Å². The smallest absolute Gasteiger partial charge is 0.744 e. The van der Waals surface area contributed by atoms with Crippen molar-refractivity contribution in [3.63, 3.8) is 0 Å². The van der Waals surface area contributed by atoms with Gasteiger partial charge in [-0.05, 0) is 47.6 Å². The number of unbranched alkanes of at least 4 members (excludes halogenated alkanes) is 10. The molecule has 2 aromatic carbocycles. The molecule has 168 valence electrons. The molecule has 0 unspecified atom stereocenters. The summed E-state index contributed by atoms with van der Waals surface area (Å²) >= 11 is 0. The molecule has 0 atom stereocenters. The number of hydrogen-bond acceptors (Lipinski definition) is 3. The molecule has 0 spiro atoms. The zero-order valence-electron chi connectivity index (χ0n) is 19.9.